The van der Waals surface area contributed by atoms with Gasteiger partial charge in [0, 0.05) is 16.5 Å². The van der Waals surface area contributed by atoms with Gasteiger partial charge in [0.25, 0.3) is 0 Å². The molecule has 0 bridgehead atoms. The quantitative estimate of drug-likeness (QED) is 0.546. The number of benzene rings is 1. The van der Waals surface area contributed by atoms with Crippen LogP contribution in [0.4, 0.5) is 0 Å². The Labute approximate surface area is 84.8 Å². The predicted octanol–water partition coefficient (Wildman–Crippen LogP) is 1.79. The van der Waals surface area contributed by atoms with Crippen LogP contribution in [0.15, 0.2) is 29.8 Å². The highest BCUT2D eigenvalue weighted by atomic mass is 32.1. The van der Waals surface area contributed by atoms with E-state index in [1.54, 1.807) is 12.5 Å². The fraction of sp³-hybridized carbons (Fsp3) is 0. The first-order valence-electron chi connectivity index (χ1n) is 4.11. The third kappa shape index (κ3) is 0.927. The van der Waals surface area contributed by atoms with E-state index in [1.807, 2.05) is 6.07 Å². The Morgan fingerprint density at radius 1 is 1.21 bits per heavy atom. The fourth-order valence-corrected chi connectivity index (χ4v) is 1.82. The minimum atomic E-state index is 0.822. The van der Waals surface area contributed by atoms with Gasteiger partial charge in [0.2, 0.25) is 0 Å². The van der Waals surface area contributed by atoms with Gasteiger partial charge < -0.3 is 4.98 Å². The first-order valence-corrected chi connectivity index (χ1v) is 4.56. The van der Waals surface area contributed by atoms with E-state index in [-0.39, 0.29) is 0 Å². The molecule has 0 aliphatic rings. The van der Waals surface area contributed by atoms with Crippen LogP contribution < -0.4 is 0 Å². The summed E-state index contributed by atoms with van der Waals surface area (Å²) in [6.07, 6.45) is 4.95. The van der Waals surface area contributed by atoms with Crippen molar-refractivity contribution in [3.8, 4) is 0 Å². The highest BCUT2D eigenvalue weighted by Gasteiger charge is 2.07. The molecule has 5 heteroatoms. The molecule has 0 saturated carbocycles. The lowest BCUT2D eigenvalue weighted by Crippen LogP contribution is -1.83. The largest absolute Gasteiger partial charge is 0.346 e. The molecule has 0 saturated heterocycles. The smallest absolute Gasteiger partial charge is 0.116 e. The zero-order chi connectivity index (χ0) is 9.54. The van der Waals surface area contributed by atoms with Gasteiger partial charge in [-0.15, -0.1) is 12.6 Å². The molecule has 4 nitrogen and oxygen atoms in total. The van der Waals surface area contributed by atoms with E-state index in [0.29, 0.717) is 0 Å². The molecule has 0 fully saturated rings. The molecule has 0 aliphatic heterocycles. The van der Waals surface area contributed by atoms with Crippen molar-refractivity contribution in [1.82, 2.24) is 19.9 Å². The second-order valence-corrected chi connectivity index (χ2v) is 3.46. The summed E-state index contributed by atoms with van der Waals surface area (Å²) >= 11 is 4.35. The molecule has 14 heavy (non-hydrogen) atoms. The van der Waals surface area contributed by atoms with E-state index >= 15 is 0 Å². The number of nitrogens with zero attached hydrogens (tertiary/aromatic N) is 3. The minimum absolute atomic E-state index is 0.822. The third-order valence-electron chi connectivity index (χ3n) is 2.17. The Balaban J connectivity index is 2.66. The Kier molecular flexibility index (Phi) is 1.49. The maximum Gasteiger partial charge on any atom is 0.116 e. The lowest BCUT2D eigenvalue weighted by atomic mass is 10.2. The van der Waals surface area contributed by atoms with Gasteiger partial charge in [0.15, 0.2) is 0 Å². The molecular formula is C9H6N4S. The van der Waals surface area contributed by atoms with Gasteiger partial charge in [-0.25, -0.2) is 15.0 Å². The number of imidazole rings is 1. The fourth-order valence-electron chi connectivity index (χ4n) is 1.53. The summed E-state index contributed by atoms with van der Waals surface area (Å²) in [6.45, 7) is 0. The Hall–Kier alpha value is -1.62. The molecule has 0 aliphatic carbocycles. The monoisotopic (exact) mass is 202 g/mol. The number of rotatable bonds is 0. The molecule has 3 aromatic rings. The van der Waals surface area contributed by atoms with Crippen LogP contribution in [-0.4, -0.2) is 19.9 Å². The lowest BCUT2D eigenvalue weighted by Gasteiger charge is -1.99. The molecule has 3 rings (SSSR count). The molecule has 0 amide bonds. The summed E-state index contributed by atoms with van der Waals surface area (Å²) in [6, 6.07) is 1.93. The van der Waals surface area contributed by atoms with Crippen molar-refractivity contribution in [3.05, 3.63) is 24.9 Å². The van der Waals surface area contributed by atoms with E-state index < -0.39 is 0 Å². The van der Waals surface area contributed by atoms with Crippen molar-refractivity contribution in [3.63, 3.8) is 0 Å². The molecule has 1 N–H and O–H groups in total. The number of aromatic nitrogens is 4. The maximum atomic E-state index is 4.35. The molecule has 0 spiro atoms. The average Bonchev–Trinajstić information content (AvgIpc) is 2.67. The number of aromatic amines is 1. The van der Waals surface area contributed by atoms with Gasteiger partial charge in [-0.1, -0.05) is 0 Å². The van der Waals surface area contributed by atoms with Crippen molar-refractivity contribution in [1.29, 1.82) is 0 Å². The highest BCUT2D eigenvalue weighted by Crippen LogP contribution is 2.26. The van der Waals surface area contributed by atoms with Crippen molar-refractivity contribution in [2.75, 3.05) is 0 Å². The third-order valence-corrected chi connectivity index (χ3v) is 2.51. The summed E-state index contributed by atoms with van der Waals surface area (Å²) in [5.41, 5.74) is 2.64. The SMILES string of the molecule is Sc1cc2[nH]cncc2c2ncnc12. The molecule has 0 unspecified atom stereocenters. The van der Waals surface area contributed by atoms with E-state index in [9.17, 15) is 0 Å². The summed E-state index contributed by atoms with van der Waals surface area (Å²) in [5.74, 6) is 0. The van der Waals surface area contributed by atoms with Gasteiger partial charge in [0.05, 0.1) is 11.8 Å². The molecular weight excluding hydrogens is 196 g/mol. The predicted molar refractivity (Wildman–Crippen MR) is 56.4 cm³/mol. The highest BCUT2D eigenvalue weighted by molar-refractivity contribution is 7.80. The van der Waals surface area contributed by atoms with E-state index in [4.69, 9.17) is 0 Å². The number of H-pyrrole nitrogens is 1. The number of nitrogens with one attached hydrogen (secondary N) is 1. The summed E-state index contributed by atoms with van der Waals surface area (Å²) in [7, 11) is 0. The molecule has 0 atom stereocenters. The van der Waals surface area contributed by atoms with Crippen LogP contribution in [0.25, 0.3) is 21.9 Å². The molecule has 1 aromatic carbocycles. The zero-order valence-corrected chi connectivity index (χ0v) is 7.99. The van der Waals surface area contributed by atoms with Crippen LogP contribution in [0, 0.1) is 0 Å². The van der Waals surface area contributed by atoms with E-state index in [0.717, 1.165) is 26.8 Å². The summed E-state index contributed by atoms with van der Waals surface area (Å²) in [5, 5.41) is 0.970. The summed E-state index contributed by atoms with van der Waals surface area (Å²) in [4.78, 5) is 16.2. The second kappa shape index (κ2) is 2.68. The Morgan fingerprint density at radius 2 is 2.07 bits per heavy atom. The zero-order valence-electron chi connectivity index (χ0n) is 7.10. The second-order valence-electron chi connectivity index (χ2n) is 2.98. The topological polar surface area (TPSA) is 54.5 Å². The van der Waals surface area contributed by atoms with Crippen LogP contribution >= 0.6 is 12.6 Å². The van der Waals surface area contributed by atoms with Crippen LogP contribution in [0.3, 0.4) is 0 Å². The van der Waals surface area contributed by atoms with Crippen LogP contribution in [0.2, 0.25) is 0 Å². The van der Waals surface area contributed by atoms with Gasteiger partial charge in [0.1, 0.15) is 17.4 Å². The molecule has 2 heterocycles. The van der Waals surface area contributed by atoms with Crippen molar-refractivity contribution in [2.24, 2.45) is 0 Å². The average molecular weight is 202 g/mol. The number of hydrogen-bond acceptors (Lipinski definition) is 4. The lowest BCUT2D eigenvalue weighted by molar-refractivity contribution is 1.22. The Bertz CT molecular complexity index is 616. The van der Waals surface area contributed by atoms with Gasteiger partial charge in [-0.3, -0.25) is 0 Å². The van der Waals surface area contributed by atoms with E-state index in [1.165, 1.54) is 6.33 Å². The normalized spacial score (nSPS) is 11.2. The Morgan fingerprint density at radius 3 is 3.00 bits per heavy atom. The van der Waals surface area contributed by atoms with Crippen LogP contribution in [-0.2, 0) is 0 Å². The van der Waals surface area contributed by atoms with Gasteiger partial charge in [-0.2, -0.15) is 0 Å². The molecule has 0 radical (unpaired) electrons. The molecule has 2 aromatic heterocycles. The van der Waals surface area contributed by atoms with Crippen molar-refractivity contribution in [2.45, 2.75) is 4.90 Å². The first-order chi connectivity index (χ1) is 6.86. The van der Waals surface area contributed by atoms with E-state index in [2.05, 4.69) is 32.6 Å². The standard InChI is InChI=1S/C9H6N4S/c14-7-1-6-5(2-10-3-11-6)8-9(7)13-4-12-8/h1-4,14H,(H,10,11). The van der Waals surface area contributed by atoms with Crippen molar-refractivity contribution < 1.29 is 0 Å². The molecule has 68 valence electrons. The summed E-state index contributed by atoms with van der Waals surface area (Å²) < 4.78 is 0. The van der Waals surface area contributed by atoms with Crippen LogP contribution in [0.5, 0.6) is 0 Å². The minimum Gasteiger partial charge on any atom is -0.346 e. The van der Waals surface area contributed by atoms with Gasteiger partial charge >= 0.3 is 0 Å². The van der Waals surface area contributed by atoms with Crippen molar-refractivity contribution >= 4 is 34.6 Å². The first kappa shape index (κ1) is 7.75. The number of hydrogen-bond donors (Lipinski definition) is 2. The van der Waals surface area contributed by atoms with Gasteiger partial charge in [-0.05, 0) is 6.07 Å². The number of fused-ring (bicyclic) bond motifs is 3. The maximum absolute atomic E-state index is 4.35. The number of thiol groups is 1. The van der Waals surface area contributed by atoms with Crippen LogP contribution in [0.1, 0.15) is 0 Å².